The molecule has 1 aliphatic rings. The van der Waals surface area contributed by atoms with E-state index in [1.807, 2.05) is 30.3 Å². The Morgan fingerprint density at radius 3 is 2.72 bits per heavy atom. The van der Waals surface area contributed by atoms with E-state index in [2.05, 4.69) is 10.0 Å². The summed E-state index contributed by atoms with van der Waals surface area (Å²) in [7, 11) is -3.35. The van der Waals surface area contributed by atoms with E-state index < -0.39 is 10.0 Å². The van der Waals surface area contributed by atoms with Crippen molar-refractivity contribution in [1.82, 2.24) is 10.0 Å². The maximum absolute atomic E-state index is 11.8. The van der Waals surface area contributed by atoms with Gasteiger partial charge in [-0.3, -0.25) is 0 Å². The lowest BCUT2D eigenvalue weighted by Crippen LogP contribution is -2.44. The van der Waals surface area contributed by atoms with Crippen molar-refractivity contribution in [2.24, 2.45) is 0 Å². The Kier molecular flexibility index (Phi) is 4.52. The molecule has 0 aromatic heterocycles. The number of piperidine rings is 1. The van der Waals surface area contributed by atoms with Crippen molar-refractivity contribution in [3.05, 3.63) is 41.3 Å². The number of hydrogen-bond donors (Lipinski definition) is 2. The first kappa shape index (κ1) is 13.3. The molecule has 0 aliphatic carbocycles. The minimum Gasteiger partial charge on any atom is -0.315 e. The molecule has 1 aromatic rings. The Balaban J connectivity index is 1.96. The van der Waals surface area contributed by atoms with Gasteiger partial charge in [0.2, 0.25) is 10.0 Å². The average Bonchev–Trinajstić information content (AvgIpc) is 2.38. The van der Waals surface area contributed by atoms with Crippen molar-refractivity contribution in [3.8, 4) is 0 Å². The van der Waals surface area contributed by atoms with Crippen LogP contribution in [-0.4, -0.2) is 27.5 Å². The van der Waals surface area contributed by atoms with Crippen molar-refractivity contribution in [3.63, 3.8) is 0 Å². The Hall–Kier alpha value is -1.17. The number of nitrogens with one attached hydrogen (secondary N) is 2. The van der Waals surface area contributed by atoms with Crippen LogP contribution in [0, 0.1) is 0 Å². The third-order valence-corrected chi connectivity index (χ3v) is 4.02. The molecular weight excluding hydrogens is 248 g/mol. The van der Waals surface area contributed by atoms with Gasteiger partial charge in [0, 0.05) is 18.0 Å². The van der Waals surface area contributed by atoms with Gasteiger partial charge in [-0.05, 0) is 31.0 Å². The van der Waals surface area contributed by atoms with Gasteiger partial charge in [-0.2, -0.15) is 0 Å². The van der Waals surface area contributed by atoms with E-state index in [9.17, 15) is 8.42 Å². The largest absolute Gasteiger partial charge is 0.315 e. The molecule has 0 unspecified atom stereocenters. The topological polar surface area (TPSA) is 58.2 Å². The second-order valence-electron chi connectivity index (χ2n) is 4.42. The van der Waals surface area contributed by atoms with Crippen LogP contribution in [0.25, 0.3) is 6.08 Å². The monoisotopic (exact) mass is 266 g/mol. The van der Waals surface area contributed by atoms with E-state index in [0.717, 1.165) is 24.9 Å². The molecule has 2 N–H and O–H groups in total. The summed E-state index contributed by atoms with van der Waals surface area (Å²) in [4.78, 5) is 0. The smallest absolute Gasteiger partial charge is 0.234 e. The number of rotatable bonds is 4. The molecule has 0 spiro atoms. The van der Waals surface area contributed by atoms with E-state index in [0.29, 0.717) is 6.54 Å². The predicted octanol–water partition coefficient (Wildman–Crippen LogP) is 1.33. The molecule has 1 fully saturated rings. The average molecular weight is 266 g/mol. The zero-order chi connectivity index (χ0) is 12.8. The number of sulfonamides is 1. The highest BCUT2D eigenvalue weighted by Gasteiger charge is 2.17. The predicted molar refractivity (Wildman–Crippen MR) is 73.4 cm³/mol. The summed E-state index contributed by atoms with van der Waals surface area (Å²) in [6.07, 6.45) is 3.51. The molecule has 0 bridgehead atoms. The lowest BCUT2D eigenvalue weighted by Gasteiger charge is -2.22. The van der Waals surface area contributed by atoms with Crippen molar-refractivity contribution < 1.29 is 8.42 Å². The van der Waals surface area contributed by atoms with Crippen molar-refractivity contribution in [1.29, 1.82) is 0 Å². The summed E-state index contributed by atoms with van der Waals surface area (Å²) in [6, 6.07) is 9.40. The van der Waals surface area contributed by atoms with Crippen molar-refractivity contribution in [2.75, 3.05) is 13.1 Å². The summed E-state index contributed by atoms with van der Waals surface area (Å²) < 4.78 is 26.4. The van der Waals surface area contributed by atoms with E-state index in [4.69, 9.17) is 0 Å². The van der Waals surface area contributed by atoms with Gasteiger partial charge in [0.05, 0.1) is 0 Å². The molecule has 0 amide bonds. The summed E-state index contributed by atoms with van der Waals surface area (Å²) in [5.41, 5.74) is 0.879. The molecule has 1 aliphatic heterocycles. The molecule has 2 rings (SSSR count). The van der Waals surface area contributed by atoms with E-state index in [1.54, 1.807) is 6.08 Å². The summed E-state index contributed by atoms with van der Waals surface area (Å²) in [5, 5.41) is 4.41. The standard InChI is InChI=1S/C13H18N2O2S/c16-18(17,15-13-7-4-9-14-11-13)10-8-12-5-2-1-3-6-12/h1-3,5-6,8,10,13-15H,4,7,9,11H2/b10-8+/t13-/m1/s1. The fourth-order valence-electron chi connectivity index (χ4n) is 1.96. The second-order valence-corrected chi connectivity index (χ2v) is 6.02. The lowest BCUT2D eigenvalue weighted by molar-refractivity contribution is 0.430. The number of hydrogen-bond acceptors (Lipinski definition) is 3. The van der Waals surface area contributed by atoms with E-state index >= 15 is 0 Å². The van der Waals surface area contributed by atoms with Gasteiger partial charge >= 0.3 is 0 Å². The van der Waals surface area contributed by atoms with Crippen LogP contribution in [-0.2, 0) is 10.0 Å². The first-order valence-corrected chi connectivity index (χ1v) is 7.66. The molecular formula is C13H18N2O2S. The zero-order valence-corrected chi connectivity index (χ0v) is 11.0. The SMILES string of the molecule is O=S(=O)(/C=C/c1ccccc1)N[C@@H]1CCCNC1. The highest BCUT2D eigenvalue weighted by Crippen LogP contribution is 2.06. The number of benzene rings is 1. The third kappa shape index (κ3) is 4.25. The highest BCUT2D eigenvalue weighted by molar-refractivity contribution is 7.92. The van der Waals surface area contributed by atoms with Gasteiger partial charge in [0.15, 0.2) is 0 Å². The molecule has 1 aromatic carbocycles. The van der Waals surface area contributed by atoms with Crippen LogP contribution >= 0.6 is 0 Å². The third-order valence-electron chi connectivity index (χ3n) is 2.87. The molecule has 0 saturated carbocycles. The Bertz CT molecular complexity index is 491. The van der Waals surface area contributed by atoms with Gasteiger partial charge in [-0.1, -0.05) is 30.3 Å². The van der Waals surface area contributed by atoms with Crippen LogP contribution in [0.5, 0.6) is 0 Å². The van der Waals surface area contributed by atoms with Gasteiger partial charge in [0.25, 0.3) is 0 Å². The van der Waals surface area contributed by atoms with Gasteiger partial charge in [-0.15, -0.1) is 0 Å². The summed E-state index contributed by atoms with van der Waals surface area (Å²) in [6.45, 7) is 1.68. The van der Waals surface area contributed by atoms with Crippen molar-refractivity contribution >= 4 is 16.1 Å². The maximum atomic E-state index is 11.8. The molecule has 5 heteroatoms. The van der Waals surface area contributed by atoms with Gasteiger partial charge in [-0.25, -0.2) is 13.1 Å². The molecule has 4 nitrogen and oxygen atoms in total. The van der Waals surface area contributed by atoms with E-state index in [-0.39, 0.29) is 6.04 Å². The van der Waals surface area contributed by atoms with Gasteiger partial charge < -0.3 is 5.32 Å². The Morgan fingerprint density at radius 2 is 2.06 bits per heavy atom. The van der Waals surface area contributed by atoms with Crippen LogP contribution in [0.15, 0.2) is 35.7 Å². The summed E-state index contributed by atoms with van der Waals surface area (Å²) in [5.74, 6) is 0. The molecule has 0 radical (unpaired) electrons. The molecule has 1 atom stereocenters. The van der Waals surface area contributed by atoms with Crippen LogP contribution in [0.1, 0.15) is 18.4 Å². The minimum absolute atomic E-state index is 0.00386. The fourth-order valence-corrected chi connectivity index (χ4v) is 3.04. The Labute approximate surface area is 108 Å². The maximum Gasteiger partial charge on any atom is 0.234 e. The van der Waals surface area contributed by atoms with Crippen molar-refractivity contribution in [2.45, 2.75) is 18.9 Å². The zero-order valence-electron chi connectivity index (χ0n) is 10.2. The van der Waals surface area contributed by atoms with Gasteiger partial charge in [0.1, 0.15) is 0 Å². The minimum atomic E-state index is -3.35. The molecule has 1 saturated heterocycles. The summed E-state index contributed by atoms with van der Waals surface area (Å²) >= 11 is 0. The van der Waals surface area contributed by atoms with Crippen LogP contribution in [0.4, 0.5) is 0 Å². The molecule has 98 valence electrons. The lowest BCUT2D eigenvalue weighted by atomic mass is 10.1. The first-order chi connectivity index (χ1) is 8.66. The van der Waals surface area contributed by atoms with Crippen LogP contribution < -0.4 is 10.0 Å². The Morgan fingerprint density at radius 1 is 1.28 bits per heavy atom. The molecule has 1 heterocycles. The van der Waals surface area contributed by atoms with E-state index in [1.165, 1.54) is 5.41 Å². The van der Waals surface area contributed by atoms with Crippen LogP contribution in [0.2, 0.25) is 0 Å². The second kappa shape index (κ2) is 6.13. The molecule has 18 heavy (non-hydrogen) atoms. The first-order valence-electron chi connectivity index (χ1n) is 6.12. The highest BCUT2D eigenvalue weighted by atomic mass is 32.2. The van der Waals surface area contributed by atoms with Crippen LogP contribution in [0.3, 0.4) is 0 Å². The quantitative estimate of drug-likeness (QED) is 0.864. The normalized spacial score (nSPS) is 21.2. The fraction of sp³-hybridized carbons (Fsp3) is 0.385.